The van der Waals surface area contributed by atoms with E-state index in [2.05, 4.69) is 20.7 Å². The summed E-state index contributed by atoms with van der Waals surface area (Å²) in [6.45, 7) is 1.66. The summed E-state index contributed by atoms with van der Waals surface area (Å²) in [6.07, 6.45) is 1.21. The lowest BCUT2D eigenvalue weighted by atomic mass is 10.1. The van der Waals surface area contributed by atoms with Crippen LogP contribution < -0.4 is 10.6 Å². The molecule has 0 saturated heterocycles. The number of aliphatic hydroxyl groups is 1. The third-order valence-electron chi connectivity index (χ3n) is 5.09. The van der Waals surface area contributed by atoms with Crippen molar-refractivity contribution in [2.75, 3.05) is 11.9 Å². The minimum atomic E-state index is -0.729. The Balaban J connectivity index is 1.46. The number of hydrogen-bond acceptors (Lipinski definition) is 5. The minimum absolute atomic E-state index is 0.224. The second-order valence-corrected chi connectivity index (χ2v) is 8.48. The van der Waals surface area contributed by atoms with Gasteiger partial charge in [-0.15, -0.1) is 0 Å². The summed E-state index contributed by atoms with van der Waals surface area (Å²) in [5.74, 6) is -0.182. The SMILES string of the molecule is CC(=O)Nc1cn2nc(-c3ccc(Cl)c(C(=O)NCCC(O)c4ccc(Cl)cc4)c3)ccc2n1. The van der Waals surface area contributed by atoms with Crippen molar-refractivity contribution in [2.45, 2.75) is 19.4 Å². The maximum Gasteiger partial charge on any atom is 0.252 e. The van der Waals surface area contributed by atoms with Gasteiger partial charge in [-0.05, 0) is 48.4 Å². The number of benzene rings is 2. The molecule has 10 heteroatoms. The number of fused-ring (bicyclic) bond motifs is 1. The molecule has 2 aromatic carbocycles. The summed E-state index contributed by atoms with van der Waals surface area (Å²) < 4.78 is 1.55. The van der Waals surface area contributed by atoms with Gasteiger partial charge in [0.05, 0.1) is 28.6 Å². The molecule has 4 rings (SSSR count). The van der Waals surface area contributed by atoms with Crippen molar-refractivity contribution in [3.05, 3.63) is 82.0 Å². The van der Waals surface area contributed by atoms with Gasteiger partial charge in [-0.3, -0.25) is 9.59 Å². The molecule has 0 radical (unpaired) electrons. The number of aromatic nitrogens is 3. The zero-order valence-corrected chi connectivity index (χ0v) is 19.6. The highest BCUT2D eigenvalue weighted by molar-refractivity contribution is 6.34. The molecule has 1 unspecified atom stereocenters. The number of hydrogen-bond donors (Lipinski definition) is 3. The lowest BCUT2D eigenvalue weighted by molar-refractivity contribution is -0.114. The number of nitrogens with zero attached hydrogens (tertiary/aromatic N) is 3. The monoisotopic (exact) mass is 497 g/mol. The normalized spacial score (nSPS) is 11.9. The van der Waals surface area contributed by atoms with Crippen LogP contribution in [0.5, 0.6) is 0 Å². The molecule has 2 heterocycles. The van der Waals surface area contributed by atoms with Crippen LogP contribution in [0.4, 0.5) is 5.82 Å². The van der Waals surface area contributed by atoms with Crippen LogP contribution in [0.3, 0.4) is 0 Å². The number of rotatable bonds is 7. The maximum absolute atomic E-state index is 12.8. The number of amides is 2. The molecule has 0 bridgehead atoms. The molecule has 0 aliphatic rings. The predicted octanol–water partition coefficient (Wildman–Crippen LogP) is 4.52. The van der Waals surface area contributed by atoms with Crippen molar-refractivity contribution < 1.29 is 14.7 Å². The van der Waals surface area contributed by atoms with E-state index < -0.39 is 6.10 Å². The van der Waals surface area contributed by atoms with E-state index in [0.717, 1.165) is 5.56 Å². The highest BCUT2D eigenvalue weighted by Gasteiger charge is 2.15. The van der Waals surface area contributed by atoms with Gasteiger partial charge in [0.25, 0.3) is 5.91 Å². The third-order valence-corrected chi connectivity index (χ3v) is 5.67. The molecule has 34 heavy (non-hydrogen) atoms. The maximum atomic E-state index is 12.8. The van der Waals surface area contributed by atoms with Gasteiger partial charge in [0.1, 0.15) is 0 Å². The molecule has 0 spiro atoms. The van der Waals surface area contributed by atoms with Crippen LogP contribution >= 0.6 is 23.2 Å². The average molecular weight is 498 g/mol. The molecular formula is C24H21Cl2N5O3. The van der Waals surface area contributed by atoms with E-state index in [1.165, 1.54) is 6.92 Å². The molecule has 3 N–H and O–H groups in total. The summed E-state index contributed by atoms with van der Waals surface area (Å²) in [4.78, 5) is 28.3. The fourth-order valence-electron chi connectivity index (χ4n) is 3.40. The fourth-order valence-corrected chi connectivity index (χ4v) is 3.73. The van der Waals surface area contributed by atoms with Gasteiger partial charge in [0.15, 0.2) is 11.5 Å². The lowest BCUT2D eigenvalue weighted by Crippen LogP contribution is -2.26. The van der Waals surface area contributed by atoms with Crippen LogP contribution in [0.15, 0.2) is 60.8 Å². The number of aliphatic hydroxyl groups excluding tert-OH is 1. The van der Waals surface area contributed by atoms with Gasteiger partial charge < -0.3 is 15.7 Å². The van der Waals surface area contributed by atoms with Crippen LogP contribution in [-0.4, -0.2) is 38.1 Å². The van der Waals surface area contributed by atoms with E-state index in [9.17, 15) is 14.7 Å². The smallest absolute Gasteiger partial charge is 0.252 e. The first-order valence-corrected chi connectivity index (χ1v) is 11.2. The van der Waals surface area contributed by atoms with Crippen molar-refractivity contribution in [1.82, 2.24) is 19.9 Å². The molecule has 0 aliphatic heterocycles. The van der Waals surface area contributed by atoms with Crippen LogP contribution in [0.25, 0.3) is 16.9 Å². The van der Waals surface area contributed by atoms with Crippen LogP contribution in [0, 0.1) is 0 Å². The predicted molar refractivity (Wildman–Crippen MR) is 131 cm³/mol. The first-order valence-electron chi connectivity index (χ1n) is 10.5. The molecular weight excluding hydrogens is 477 g/mol. The summed E-state index contributed by atoms with van der Waals surface area (Å²) >= 11 is 12.2. The second-order valence-electron chi connectivity index (χ2n) is 7.64. The summed E-state index contributed by atoms with van der Waals surface area (Å²) in [6, 6.07) is 15.5. The largest absolute Gasteiger partial charge is 0.388 e. The van der Waals surface area contributed by atoms with Gasteiger partial charge in [-0.1, -0.05) is 41.4 Å². The van der Waals surface area contributed by atoms with E-state index in [0.29, 0.717) is 44.8 Å². The molecule has 0 aliphatic carbocycles. The Hall–Kier alpha value is -3.46. The first-order chi connectivity index (χ1) is 16.3. The number of halogens is 2. The standard InChI is InChI=1S/C24H21Cl2N5O3/c1-14(32)28-22-13-31-23(29-22)9-8-20(30-31)16-4-7-19(26)18(12-16)24(34)27-11-10-21(33)15-2-5-17(25)6-3-15/h2-9,12-13,21,33H,10-11H2,1H3,(H,27,34)(H,28,32). The zero-order valence-electron chi connectivity index (χ0n) is 18.1. The second kappa shape index (κ2) is 10.2. The van der Waals surface area contributed by atoms with Gasteiger partial charge >= 0.3 is 0 Å². The van der Waals surface area contributed by atoms with E-state index in [4.69, 9.17) is 23.2 Å². The van der Waals surface area contributed by atoms with Gasteiger partial charge in [0, 0.05) is 24.1 Å². The minimum Gasteiger partial charge on any atom is -0.388 e. The van der Waals surface area contributed by atoms with Crippen LogP contribution in [0.1, 0.15) is 35.4 Å². The van der Waals surface area contributed by atoms with Gasteiger partial charge in [0.2, 0.25) is 5.91 Å². The number of carbonyl (C=O) groups excluding carboxylic acids is 2. The van der Waals surface area contributed by atoms with E-state index >= 15 is 0 Å². The average Bonchev–Trinajstić information content (AvgIpc) is 3.20. The molecule has 174 valence electrons. The molecule has 4 aromatic rings. The van der Waals surface area contributed by atoms with E-state index in [-0.39, 0.29) is 18.4 Å². The summed E-state index contributed by atoms with van der Waals surface area (Å²) in [5, 5.41) is 21.1. The quantitative estimate of drug-likeness (QED) is 0.347. The summed E-state index contributed by atoms with van der Waals surface area (Å²) in [7, 11) is 0. The Morgan fingerprint density at radius 2 is 1.85 bits per heavy atom. The van der Waals surface area contributed by atoms with E-state index in [1.54, 1.807) is 65.3 Å². The van der Waals surface area contributed by atoms with Crippen molar-refractivity contribution >= 4 is 46.5 Å². The fraction of sp³-hybridized carbons (Fsp3) is 0.167. The lowest BCUT2D eigenvalue weighted by Gasteiger charge is -2.13. The van der Waals surface area contributed by atoms with Gasteiger partial charge in [-0.25, -0.2) is 9.50 Å². The highest BCUT2D eigenvalue weighted by Crippen LogP contribution is 2.25. The molecule has 0 saturated carbocycles. The molecule has 2 aromatic heterocycles. The van der Waals surface area contributed by atoms with Crippen molar-refractivity contribution in [3.63, 3.8) is 0 Å². The van der Waals surface area contributed by atoms with Crippen molar-refractivity contribution in [1.29, 1.82) is 0 Å². The highest BCUT2D eigenvalue weighted by atomic mass is 35.5. The number of nitrogens with one attached hydrogen (secondary N) is 2. The van der Waals surface area contributed by atoms with Gasteiger partial charge in [-0.2, -0.15) is 5.10 Å². The Labute approximate surface area is 205 Å². The van der Waals surface area contributed by atoms with E-state index in [1.807, 2.05) is 0 Å². The summed E-state index contributed by atoms with van der Waals surface area (Å²) in [5.41, 5.74) is 2.88. The van der Waals surface area contributed by atoms with Crippen LogP contribution in [0.2, 0.25) is 10.0 Å². The number of anilines is 1. The Morgan fingerprint density at radius 3 is 2.59 bits per heavy atom. The molecule has 2 amide bonds. The zero-order chi connectivity index (χ0) is 24.2. The first kappa shape index (κ1) is 23.7. The molecule has 8 nitrogen and oxygen atoms in total. The van der Waals surface area contributed by atoms with Crippen molar-refractivity contribution in [2.24, 2.45) is 0 Å². The molecule has 1 atom stereocenters. The topological polar surface area (TPSA) is 109 Å². The van der Waals surface area contributed by atoms with Crippen molar-refractivity contribution in [3.8, 4) is 11.3 Å². The Bertz CT molecular complexity index is 1350. The Morgan fingerprint density at radius 1 is 1.09 bits per heavy atom. The number of imidazole rings is 1. The molecule has 0 fully saturated rings. The Kier molecular flexibility index (Phi) is 7.12. The van der Waals surface area contributed by atoms with Crippen LogP contribution in [-0.2, 0) is 4.79 Å². The number of carbonyl (C=O) groups is 2. The third kappa shape index (κ3) is 5.53.